The van der Waals surface area contributed by atoms with Gasteiger partial charge in [0, 0.05) is 12.1 Å². The van der Waals surface area contributed by atoms with Crippen molar-refractivity contribution in [3.63, 3.8) is 0 Å². The van der Waals surface area contributed by atoms with E-state index in [4.69, 9.17) is 14.2 Å². The Morgan fingerprint density at radius 1 is 1.00 bits per heavy atom. The molecular formula is C22H29NO4. The number of rotatable bonds is 10. The van der Waals surface area contributed by atoms with Gasteiger partial charge in [0.2, 0.25) is 0 Å². The van der Waals surface area contributed by atoms with E-state index in [1.54, 1.807) is 32.4 Å². The molecule has 1 N–H and O–H groups in total. The lowest BCUT2D eigenvalue weighted by molar-refractivity contribution is 0.0953. The second-order valence-electron chi connectivity index (χ2n) is 6.71. The zero-order valence-corrected chi connectivity index (χ0v) is 16.6. The molecule has 0 heterocycles. The molecule has 0 bridgehead atoms. The summed E-state index contributed by atoms with van der Waals surface area (Å²) in [5.41, 5.74) is 1.61. The van der Waals surface area contributed by atoms with Gasteiger partial charge in [-0.05, 0) is 48.6 Å². The van der Waals surface area contributed by atoms with E-state index in [2.05, 4.69) is 19.2 Å². The number of hydrogen-bond acceptors (Lipinski definition) is 4. The van der Waals surface area contributed by atoms with Gasteiger partial charge in [0.05, 0.1) is 20.8 Å². The summed E-state index contributed by atoms with van der Waals surface area (Å²) in [5, 5.41) is 2.94. The molecule has 0 spiro atoms. The van der Waals surface area contributed by atoms with Gasteiger partial charge in [-0.3, -0.25) is 4.79 Å². The summed E-state index contributed by atoms with van der Waals surface area (Å²) in [4.78, 5) is 12.4. The monoisotopic (exact) mass is 371 g/mol. The van der Waals surface area contributed by atoms with Gasteiger partial charge in [0.25, 0.3) is 5.91 Å². The minimum atomic E-state index is -0.142. The highest BCUT2D eigenvalue weighted by Crippen LogP contribution is 2.28. The first-order valence-electron chi connectivity index (χ1n) is 9.26. The largest absolute Gasteiger partial charge is 0.496 e. The van der Waals surface area contributed by atoms with Gasteiger partial charge in [-0.25, -0.2) is 0 Å². The van der Waals surface area contributed by atoms with Gasteiger partial charge < -0.3 is 19.5 Å². The molecule has 2 aromatic rings. The summed E-state index contributed by atoms with van der Waals surface area (Å²) < 4.78 is 16.5. The first kappa shape index (κ1) is 20.6. The summed E-state index contributed by atoms with van der Waals surface area (Å²) in [6.07, 6.45) is 1.66. The number of nitrogens with one attached hydrogen (secondary N) is 1. The molecule has 0 aliphatic heterocycles. The quantitative estimate of drug-likeness (QED) is 0.683. The van der Waals surface area contributed by atoms with E-state index in [0.717, 1.165) is 17.7 Å². The molecule has 0 aliphatic carbocycles. The second kappa shape index (κ2) is 10.5. The third-order valence-electron chi connectivity index (χ3n) is 4.25. The number of benzene rings is 2. The zero-order valence-electron chi connectivity index (χ0n) is 16.6. The molecule has 2 rings (SSSR count). The standard InChI is InChI=1S/C22H29NO4/c1-16(2)12-14-27-20-10-9-18(15-21(20)26-4)22(24)23-13-11-17-7-5-6-8-19(17)25-3/h5-10,15-16H,11-14H2,1-4H3,(H,23,24). The molecule has 27 heavy (non-hydrogen) atoms. The Hall–Kier alpha value is -2.69. The molecule has 0 saturated carbocycles. The molecule has 0 atom stereocenters. The smallest absolute Gasteiger partial charge is 0.251 e. The topological polar surface area (TPSA) is 56.8 Å². The average Bonchev–Trinajstić information content (AvgIpc) is 2.68. The van der Waals surface area contributed by atoms with Crippen molar-refractivity contribution in [1.29, 1.82) is 0 Å². The first-order chi connectivity index (χ1) is 13.0. The molecule has 5 heteroatoms. The van der Waals surface area contributed by atoms with Crippen LogP contribution in [0.15, 0.2) is 42.5 Å². The normalized spacial score (nSPS) is 10.6. The summed E-state index contributed by atoms with van der Waals surface area (Å²) >= 11 is 0. The molecule has 2 aromatic carbocycles. The molecule has 0 aromatic heterocycles. The minimum absolute atomic E-state index is 0.142. The summed E-state index contributed by atoms with van der Waals surface area (Å²) in [6, 6.07) is 13.1. The van der Waals surface area contributed by atoms with Gasteiger partial charge >= 0.3 is 0 Å². The van der Waals surface area contributed by atoms with Gasteiger partial charge in [-0.2, -0.15) is 0 Å². The van der Waals surface area contributed by atoms with Gasteiger partial charge in [-0.1, -0.05) is 32.0 Å². The molecular weight excluding hydrogens is 342 g/mol. The fourth-order valence-corrected chi connectivity index (χ4v) is 2.65. The minimum Gasteiger partial charge on any atom is -0.496 e. The van der Waals surface area contributed by atoms with Crippen LogP contribution in [-0.4, -0.2) is 33.3 Å². The van der Waals surface area contributed by atoms with Crippen molar-refractivity contribution >= 4 is 5.91 Å². The van der Waals surface area contributed by atoms with E-state index in [-0.39, 0.29) is 5.91 Å². The number of amides is 1. The number of para-hydroxylation sites is 1. The predicted octanol–water partition coefficient (Wildman–Crippen LogP) is 4.10. The van der Waals surface area contributed by atoms with Crippen molar-refractivity contribution in [3.8, 4) is 17.2 Å². The van der Waals surface area contributed by atoms with E-state index in [0.29, 0.717) is 42.6 Å². The number of carbonyl (C=O) groups excluding carboxylic acids is 1. The van der Waals surface area contributed by atoms with Crippen molar-refractivity contribution in [2.45, 2.75) is 26.7 Å². The average molecular weight is 371 g/mol. The van der Waals surface area contributed by atoms with Crippen molar-refractivity contribution in [2.75, 3.05) is 27.4 Å². The van der Waals surface area contributed by atoms with Crippen molar-refractivity contribution in [3.05, 3.63) is 53.6 Å². The third kappa shape index (κ3) is 6.20. The maximum atomic E-state index is 12.4. The van der Waals surface area contributed by atoms with Crippen LogP contribution in [0.4, 0.5) is 0 Å². The van der Waals surface area contributed by atoms with Crippen LogP contribution in [0.25, 0.3) is 0 Å². The first-order valence-corrected chi connectivity index (χ1v) is 9.26. The fourth-order valence-electron chi connectivity index (χ4n) is 2.65. The number of methoxy groups -OCH3 is 2. The molecule has 0 fully saturated rings. The highest BCUT2D eigenvalue weighted by Gasteiger charge is 2.12. The Balaban J connectivity index is 1.93. The number of ether oxygens (including phenoxy) is 3. The fraction of sp³-hybridized carbons (Fsp3) is 0.409. The van der Waals surface area contributed by atoms with E-state index in [9.17, 15) is 4.79 Å². The van der Waals surface area contributed by atoms with Crippen molar-refractivity contribution in [1.82, 2.24) is 5.32 Å². The van der Waals surface area contributed by atoms with Crippen molar-refractivity contribution < 1.29 is 19.0 Å². The van der Waals surface area contributed by atoms with Crippen LogP contribution in [0.1, 0.15) is 36.2 Å². The van der Waals surface area contributed by atoms with E-state index in [1.165, 1.54) is 0 Å². The predicted molar refractivity (Wildman–Crippen MR) is 107 cm³/mol. The molecule has 1 amide bonds. The van der Waals surface area contributed by atoms with Gasteiger partial charge in [-0.15, -0.1) is 0 Å². The van der Waals surface area contributed by atoms with Gasteiger partial charge in [0.1, 0.15) is 5.75 Å². The molecule has 146 valence electrons. The van der Waals surface area contributed by atoms with E-state index >= 15 is 0 Å². The highest BCUT2D eigenvalue weighted by atomic mass is 16.5. The lowest BCUT2D eigenvalue weighted by atomic mass is 10.1. The molecule has 0 unspecified atom stereocenters. The van der Waals surface area contributed by atoms with Crippen LogP contribution in [-0.2, 0) is 6.42 Å². The second-order valence-corrected chi connectivity index (χ2v) is 6.71. The SMILES string of the molecule is COc1ccccc1CCNC(=O)c1ccc(OCCC(C)C)c(OC)c1. The van der Waals surface area contributed by atoms with Crippen molar-refractivity contribution in [2.24, 2.45) is 5.92 Å². The maximum Gasteiger partial charge on any atom is 0.251 e. The lowest BCUT2D eigenvalue weighted by Gasteiger charge is -2.13. The Kier molecular flexibility index (Phi) is 7.99. The number of carbonyl (C=O) groups is 1. The summed E-state index contributed by atoms with van der Waals surface area (Å²) in [5.74, 6) is 2.48. The van der Waals surface area contributed by atoms with E-state index < -0.39 is 0 Å². The van der Waals surface area contributed by atoms with Crippen LogP contribution in [0.2, 0.25) is 0 Å². The molecule has 5 nitrogen and oxygen atoms in total. The van der Waals surface area contributed by atoms with Crippen LogP contribution in [0, 0.1) is 5.92 Å². The van der Waals surface area contributed by atoms with Gasteiger partial charge in [0.15, 0.2) is 11.5 Å². The highest BCUT2D eigenvalue weighted by molar-refractivity contribution is 5.94. The Morgan fingerprint density at radius 2 is 1.74 bits per heavy atom. The zero-order chi connectivity index (χ0) is 19.6. The van der Waals surface area contributed by atoms with E-state index in [1.807, 2.05) is 24.3 Å². The van der Waals surface area contributed by atoms with Crippen LogP contribution in [0.3, 0.4) is 0 Å². The Morgan fingerprint density at radius 3 is 2.44 bits per heavy atom. The molecule has 0 aliphatic rings. The Labute approximate surface area is 161 Å². The lowest BCUT2D eigenvalue weighted by Crippen LogP contribution is -2.25. The molecule has 0 radical (unpaired) electrons. The Bertz CT molecular complexity index is 743. The van der Waals surface area contributed by atoms with Crippen LogP contribution >= 0.6 is 0 Å². The third-order valence-corrected chi connectivity index (χ3v) is 4.25. The number of hydrogen-bond donors (Lipinski definition) is 1. The maximum absolute atomic E-state index is 12.4. The van der Waals surface area contributed by atoms with Crippen LogP contribution in [0.5, 0.6) is 17.2 Å². The summed E-state index contributed by atoms with van der Waals surface area (Å²) in [7, 11) is 3.22. The van der Waals surface area contributed by atoms with Crippen LogP contribution < -0.4 is 19.5 Å². The molecule has 0 saturated heterocycles. The summed E-state index contributed by atoms with van der Waals surface area (Å²) in [6.45, 7) is 5.45.